The molecule has 0 spiro atoms. The Balaban J connectivity index is 2.33. The van der Waals surface area contributed by atoms with E-state index in [9.17, 15) is 0 Å². The normalized spacial score (nSPS) is 10.6. The third-order valence-corrected chi connectivity index (χ3v) is 2.41. The second-order valence-electron chi connectivity index (χ2n) is 3.57. The van der Waals surface area contributed by atoms with Gasteiger partial charge in [0, 0.05) is 0 Å². The number of para-hydroxylation sites is 1. The minimum Gasteiger partial charge on any atom is -0.310 e. The molecule has 0 amide bonds. The molecular formula is C11H15N5. The summed E-state index contributed by atoms with van der Waals surface area (Å²) in [5, 5.41) is 15.0. The number of hydrogen-bond donors (Lipinski definition) is 1. The minimum absolute atomic E-state index is 0.678. The van der Waals surface area contributed by atoms with Crippen molar-refractivity contribution in [2.45, 2.75) is 20.4 Å². The highest BCUT2D eigenvalue weighted by Gasteiger charge is 2.08. The van der Waals surface area contributed by atoms with E-state index in [4.69, 9.17) is 0 Å². The lowest BCUT2D eigenvalue weighted by molar-refractivity contribution is 0.663. The lowest BCUT2D eigenvalue weighted by atomic mass is 10.2. The van der Waals surface area contributed by atoms with Crippen LogP contribution in [0.1, 0.15) is 18.3 Å². The van der Waals surface area contributed by atoms with Gasteiger partial charge in [0.25, 0.3) is 0 Å². The highest BCUT2D eigenvalue weighted by atomic mass is 15.5. The van der Waals surface area contributed by atoms with Crippen molar-refractivity contribution in [1.82, 2.24) is 25.5 Å². The Labute approximate surface area is 94.5 Å². The first-order valence-electron chi connectivity index (χ1n) is 5.37. The van der Waals surface area contributed by atoms with Crippen molar-refractivity contribution in [3.63, 3.8) is 0 Å². The van der Waals surface area contributed by atoms with Gasteiger partial charge >= 0.3 is 0 Å². The first-order valence-corrected chi connectivity index (χ1v) is 5.37. The van der Waals surface area contributed by atoms with Crippen LogP contribution in [0.2, 0.25) is 0 Å². The topological polar surface area (TPSA) is 55.6 Å². The smallest absolute Gasteiger partial charge is 0.170 e. The summed E-state index contributed by atoms with van der Waals surface area (Å²) < 4.78 is 1.78. The van der Waals surface area contributed by atoms with Crippen molar-refractivity contribution in [3.8, 4) is 5.69 Å². The Morgan fingerprint density at radius 2 is 2.12 bits per heavy atom. The molecule has 0 aliphatic carbocycles. The van der Waals surface area contributed by atoms with Crippen molar-refractivity contribution in [2.75, 3.05) is 6.54 Å². The molecule has 84 valence electrons. The Kier molecular flexibility index (Phi) is 3.26. The second-order valence-corrected chi connectivity index (χ2v) is 3.57. The van der Waals surface area contributed by atoms with E-state index in [0.717, 1.165) is 23.6 Å². The van der Waals surface area contributed by atoms with Crippen molar-refractivity contribution in [3.05, 3.63) is 35.7 Å². The minimum atomic E-state index is 0.678. The fourth-order valence-corrected chi connectivity index (χ4v) is 1.54. The molecule has 1 aromatic heterocycles. The molecular weight excluding hydrogens is 202 g/mol. The molecule has 2 rings (SSSR count). The Bertz CT molecular complexity index is 463. The molecule has 16 heavy (non-hydrogen) atoms. The fraction of sp³-hybridized carbons (Fsp3) is 0.364. The van der Waals surface area contributed by atoms with Crippen LogP contribution in [0.3, 0.4) is 0 Å². The van der Waals surface area contributed by atoms with Gasteiger partial charge in [-0.15, -0.1) is 5.10 Å². The maximum absolute atomic E-state index is 4.02. The third kappa shape index (κ3) is 2.09. The summed E-state index contributed by atoms with van der Waals surface area (Å²) in [6.45, 7) is 5.69. The highest BCUT2D eigenvalue weighted by molar-refractivity contribution is 5.39. The second kappa shape index (κ2) is 4.85. The summed E-state index contributed by atoms with van der Waals surface area (Å²) in [6, 6.07) is 8.06. The highest BCUT2D eigenvalue weighted by Crippen LogP contribution is 2.12. The summed E-state index contributed by atoms with van der Waals surface area (Å²) in [7, 11) is 0. The lowest BCUT2D eigenvalue weighted by Gasteiger charge is -2.07. The van der Waals surface area contributed by atoms with Gasteiger partial charge in [0.15, 0.2) is 5.82 Å². The van der Waals surface area contributed by atoms with E-state index in [2.05, 4.69) is 27.8 Å². The first-order chi connectivity index (χ1) is 7.83. The van der Waals surface area contributed by atoms with Crippen molar-refractivity contribution in [1.29, 1.82) is 0 Å². The maximum atomic E-state index is 4.02. The van der Waals surface area contributed by atoms with Gasteiger partial charge in [0.1, 0.15) is 0 Å². The summed E-state index contributed by atoms with van der Waals surface area (Å²) in [6.07, 6.45) is 0. The third-order valence-electron chi connectivity index (χ3n) is 2.41. The fourth-order valence-electron chi connectivity index (χ4n) is 1.54. The van der Waals surface area contributed by atoms with Gasteiger partial charge in [-0.05, 0) is 35.5 Å². The monoisotopic (exact) mass is 217 g/mol. The number of rotatable bonds is 4. The van der Waals surface area contributed by atoms with Crippen LogP contribution in [-0.2, 0) is 6.54 Å². The van der Waals surface area contributed by atoms with E-state index in [1.54, 1.807) is 4.68 Å². The van der Waals surface area contributed by atoms with Gasteiger partial charge in [-0.3, -0.25) is 0 Å². The van der Waals surface area contributed by atoms with Crippen LogP contribution < -0.4 is 5.32 Å². The molecule has 0 radical (unpaired) electrons. The van der Waals surface area contributed by atoms with Crippen LogP contribution in [0.25, 0.3) is 5.69 Å². The van der Waals surface area contributed by atoms with Gasteiger partial charge in [-0.2, -0.15) is 4.68 Å². The number of nitrogens with zero attached hydrogens (tertiary/aromatic N) is 4. The number of nitrogens with one attached hydrogen (secondary N) is 1. The molecule has 0 aliphatic heterocycles. The number of tetrazole rings is 1. The number of aromatic nitrogens is 4. The summed E-state index contributed by atoms with van der Waals surface area (Å²) in [4.78, 5) is 0. The number of benzene rings is 1. The first kappa shape index (κ1) is 10.8. The zero-order chi connectivity index (χ0) is 11.4. The Morgan fingerprint density at radius 1 is 1.31 bits per heavy atom. The van der Waals surface area contributed by atoms with Gasteiger partial charge in [-0.25, -0.2) is 0 Å². The van der Waals surface area contributed by atoms with Crippen LogP contribution in [0, 0.1) is 6.92 Å². The molecule has 0 unspecified atom stereocenters. The molecule has 1 N–H and O–H groups in total. The zero-order valence-corrected chi connectivity index (χ0v) is 9.51. The van der Waals surface area contributed by atoms with E-state index in [0.29, 0.717) is 6.54 Å². The molecule has 0 fully saturated rings. The average Bonchev–Trinajstić information content (AvgIpc) is 2.75. The molecule has 5 heteroatoms. The van der Waals surface area contributed by atoms with E-state index < -0.39 is 0 Å². The van der Waals surface area contributed by atoms with Gasteiger partial charge in [0.05, 0.1) is 12.2 Å². The van der Waals surface area contributed by atoms with E-state index >= 15 is 0 Å². The molecule has 0 aliphatic rings. The van der Waals surface area contributed by atoms with Crippen molar-refractivity contribution >= 4 is 0 Å². The molecule has 1 aromatic carbocycles. The Morgan fingerprint density at radius 3 is 2.88 bits per heavy atom. The van der Waals surface area contributed by atoms with Crippen LogP contribution >= 0.6 is 0 Å². The molecule has 1 heterocycles. The summed E-state index contributed by atoms with van der Waals surface area (Å²) in [5.41, 5.74) is 2.19. The lowest BCUT2D eigenvalue weighted by Crippen LogP contribution is -2.16. The van der Waals surface area contributed by atoms with E-state index in [1.807, 2.05) is 31.2 Å². The predicted molar refractivity (Wildman–Crippen MR) is 61.3 cm³/mol. The zero-order valence-electron chi connectivity index (χ0n) is 9.51. The number of hydrogen-bond acceptors (Lipinski definition) is 4. The van der Waals surface area contributed by atoms with Gasteiger partial charge < -0.3 is 5.32 Å². The van der Waals surface area contributed by atoms with E-state index in [-0.39, 0.29) is 0 Å². The van der Waals surface area contributed by atoms with Crippen LogP contribution in [0.4, 0.5) is 0 Å². The predicted octanol–water partition coefficient (Wildman–Crippen LogP) is 1.08. The van der Waals surface area contributed by atoms with E-state index in [1.165, 1.54) is 0 Å². The maximum Gasteiger partial charge on any atom is 0.170 e. The van der Waals surface area contributed by atoms with Gasteiger partial charge in [0.2, 0.25) is 0 Å². The van der Waals surface area contributed by atoms with Crippen LogP contribution in [0.5, 0.6) is 0 Å². The molecule has 0 saturated heterocycles. The van der Waals surface area contributed by atoms with Crippen molar-refractivity contribution < 1.29 is 0 Å². The summed E-state index contributed by atoms with van der Waals surface area (Å²) >= 11 is 0. The molecule has 0 atom stereocenters. The van der Waals surface area contributed by atoms with Gasteiger partial charge in [-0.1, -0.05) is 25.1 Å². The standard InChI is InChI=1S/C11H15N5/c1-3-12-8-11-13-14-15-16(11)10-7-5-4-6-9(10)2/h4-7,12H,3,8H2,1-2H3. The SMILES string of the molecule is CCNCc1nnnn1-c1ccccc1C. The molecule has 0 bridgehead atoms. The summed E-state index contributed by atoms with van der Waals surface area (Å²) in [5.74, 6) is 0.830. The van der Waals surface area contributed by atoms with Crippen LogP contribution in [-0.4, -0.2) is 26.8 Å². The number of aryl methyl sites for hydroxylation is 1. The Hall–Kier alpha value is -1.75. The quantitative estimate of drug-likeness (QED) is 0.832. The average molecular weight is 217 g/mol. The largest absolute Gasteiger partial charge is 0.310 e. The molecule has 2 aromatic rings. The molecule has 5 nitrogen and oxygen atoms in total. The van der Waals surface area contributed by atoms with Crippen molar-refractivity contribution in [2.24, 2.45) is 0 Å². The van der Waals surface area contributed by atoms with Crippen LogP contribution in [0.15, 0.2) is 24.3 Å². The molecule has 0 saturated carbocycles.